The highest BCUT2D eigenvalue weighted by Crippen LogP contribution is 2.41. The van der Waals surface area contributed by atoms with E-state index in [2.05, 4.69) is 9.97 Å². The van der Waals surface area contributed by atoms with Crippen molar-refractivity contribution in [3.63, 3.8) is 0 Å². The van der Waals surface area contributed by atoms with E-state index in [4.69, 9.17) is 9.47 Å². The van der Waals surface area contributed by atoms with Gasteiger partial charge in [-0.3, -0.25) is 9.78 Å². The molecule has 4 rings (SSSR count). The number of thiazole rings is 1. The fraction of sp³-hybridized carbons (Fsp3) is 0.500. The first-order chi connectivity index (χ1) is 12.3. The quantitative estimate of drug-likeness (QED) is 0.840. The Morgan fingerprint density at radius 3 is 3.28 bits per heavy atom. The van der Waals surface area contributed by atoms with Gasteiger partial charge in [0.1, 0.15) is 11.4 Å². The minimum absolute atomic E-state index is 0.00255. The summed E-state index contributed by atoms with van der Waals surface area (Å²) in [6, 6.07) is 3.78. The van der Waals surface area contributed by atoms with Gasteiger partial charge >= 0.3 is 0 Å². The highest BCUT2D eigenvalue weighted by atomic mass is 32.1. The summed E-state index contributed by atoms with van der Waals surface area (Å²) in [5, 5.41) is 1.81. The SMILES string of the molecule is O=C(c1cscn1)N1CCO[C@]2(CCC[C@H]2COc2cccnc2)C1. The molecular weight excluding hydrogens is 338 g/mol. The summed E-state index contributed by atoms with van der Waals surface area (Å²) in [5.74, 6) is 1.05. The zero-order chi connectivity index (χ0) is 17.1. The highest BCUT2D eigenvalue weighted by molar-refractivity contribution is 7.07. The van der Waals surface area contributed by atoms with Crippen LogP contribution in [-0.4, -0.2) is 52.7 Å². The summed E-state index contributed by atoms with van der Waals surface area (Å²) in [6.07, 6.45) is 6.57. The van der Waals surface area contributed by atoms with Crippen LogP contribution in [0.25, 0.3) is 0 Å². The van der Waals surface area contributed by atoms with Crippen molar-refractivity contribution in [2.24, 2.45) is 5.92 Å². The van der Waals surface area contributed by atoms with E-state index in [-0.39, 0.29) is 17.4 Å². The highest BCUT2D eigenvalue weighted by Gasteiger charge is 2.48. The summed E-state index contributed by atoms with van der Waals surface area (Å²) in [4.78, 5) is 22.8. The number of aromatic nitrogens is 2. The molecule has 1 amide bonds. The lowest BCUT2D eigenvalue weighted by atomic mass is 9.89. The van der Waals surface area contributed by atoms with Crippen LogP contribution in [0.5, 0.6) is 5.75 Å². The van der Waals surface area contributed by atoms with E-state index < -0.39 is 0 Å². The third-order valence-electron chi connectivity index (χ3n) is 5.13. The molecule has 0 bridgehead atoms. The predicted octanol–water partition coefficient (Wildman–Crippen LogP) is 2.63. The number of carbonyl (C=O) groups is 1. The maximum atomic E-state index is 12.7. The molecule has 2 atom stereocenters. The molecule has 2 aliphatic rings. The third kappa shape index (κ3) is 3.39. The first-order valence-electron chi connectivity index (χ1n) is 8.61. The maximum absolute atomic E-state index is 12.7. The zero-order valence-corrected chi connectivity index (χ0v) is 14.8. The summed E-state index contributed by atoms with van der Waals surface area (Å²) in [7, 11) is 0. The van der Waals surface area contributed by atoms with Gasteiger partial charge in [-0.25, -0.2) is 4.98 Å². The van der Waals surface area contributed by atoms with E-state index in [1.54, 1.807) is 17.9 Å². The molecular formula is C18H21N3O3S. The van der Waals surface area contributed by atoms with Crippen molar-refractivity contribution in [2.45, 2.75) is 24.9 Å². The van der Waals surface area contributed by atoms with Crippen LogP contribution in [0.15, 0.2) is 35.4 Å². The lowest BCUT2D eigenvalue weighted by molar-refractivity contribution is -0.126. The van der Waals surface area contributed by atoms with Gasteiger partial charge in [0, 0.05) is 24.0 Å². The maximum Gasteiger partial charge on any atom is 0.273 e. The number of amides is 1. The second-order valence-corrected chi connectivity index (χ2v) is 7.32. The number of pyridine rings is 1. The van der Waals surface area contributed by atoms with E-state index in [0.717, 1.165) is 25.0 Å². The molecule has 3 heterocycles. The normalized spacial score (nSPS) is 26.1. The summed E-state index contributed by atoms with van der Waals surface area (Å²) >= 11 is 1.45. The number of hydrogen-bond acceptors (Lipinski definition) is 6. The Morgan fingerprint density at radius 1 is 1.52 bits per heavy atom. The van der Waals surface area contributed by atoms with E-state index in [1.807, 2.05) is 22.4 Å². The Balaban J connectivity index is 1.44. The number of hydrogen-bond donors (Lipinski definition) is 0. The molecule has 1 aliphatic carbocycles. The Bertz CT molecular complexity index is 710. The van der Waals surface area contributed by atoms with E-state index in [1.165, 1.54) is 11.3 Å². The first-order valence-corrected chi connectivity index (χ1v) is 9.55. The fourth-order valence-electron chi connectivity index (χ4n) is 3.84. The van der Waals surface area contributed by atoms with Crippen LogP contribution >= 0.6 is 11.3 Å². The number of morpholine rings is 1. The Labute approximate surface area is 150 Å². The van der Waals surface area contributed by atoms with Crippen LogP contribution in [0.1, 0.15) is 29.8 Å². The van der Waals surface area contributed by atoms with Gasteiger partial charge in [0.2, 0.25) is 0 Å². The molecule has 2 aromatic rings. The molecule has 1 spiro atoms. The zero-order valence-electron chi connectivity index (χ0n) is 14.0. The van der Waals surface area contributed by atoms with Crippen LogP contribution < -0.4 is 4.74 Å². The Hall–Kier alpha value is -1.99. The number of ether oxygens (including phenoxy) is 2. The van der Waals surface area contributed by atoms with Crippen molar-refractivity contribution in [1.82, 2.24) is 14.9 Å². The molecule has 0 N–H and O–H groups in total. The average Bonchev–Trinajstić information content (AvgIpc) is 3.31. The molecule has 0 radical (unpaired) electrons. The molecule has 6 nitrogen and oxygen atoms in total. The number of nitrogens with zero attached hydrogens (tertiary/aromatic N) is 3. The van der Waals surface area contributed by atoms with Gasteiger partial charge in [0.05, 0.1) is 37.1 Å². The van der Waals surface area contributed by atoms with Crippen molar-refractivity contribution in [3.05, 3.63) is 41.1 Å². The van der Waals surface area contributed by atoms with E-state index >= 15 is 0 Å². The molecule has 0 aromatic carbocycles. The van der Waals surface area contributed by atoms with Gasteiger partial charge in [0.25, 0.3) is 5.91 Å². The molecule has 1 saturated heterocycles. The van der Waals surface area contributed by atoms with Crippen molar-refractivity contribution in [3.8, 4) is 5.75 Å². The fourth-order valence-corrected chi connectivity index (χ4v) is 4.36. The molecule has 2 aromatic heterocycles. The summed E-state index contributed by atoms with van der Waals surface area (Å²) in [6.45, 7) is 2.39. The molecule has 25 heavy (non-hydrogen) atoms. The van der Waals surface area contributed by atoms with Gasteiger partial charge in [-0.2, -0.15) is 0 Å². The molecule has 1 saturated carbocycles. The molecule has 0 unspecified atom stereocenters. The van der Waals surface area contributed by atoms with Crippen LogP contribution in [0.3, 0.4) is 0 Å². The van der Waals surface area contributed by atoms with Gasteiger partial charge in [-0.1, -0.05) is 0 Å². The minimum Gasteiger partial charge on any atom is -0.492 e. The van der Waals surface area contributed by atoms with Crippen molar-refractivity contribution in [1.29, 1.82) is 0 Å². The van der Waals surface area contributed by atoms with Crippen LogP contribution in [-0.2, 0) is 4.74 Å². The van der Waals surface area contributed by atoms with Gasteiger partial charge in [-0.15, -0.1) is 11.3 Å². The second-order valence-electron chi connectivity index (χ2n) is 6.60. The van der Waals surface area contributed by atoms with Gasteiger partial charge in [-0.05, 0) is 31.4 Å². The third-order valence-corrected chi connectivity index (χ3v) is 5.72. The topological polar surface area (TPSA) is 64.6 Å². The van der Waals surface area contributed by atoms with Gasteiger partial charge < -0.3 is 14.4 Å². The van der Waals surface area contributed by atoms with Crippen molar-refractivity contribution < 1.29 is 14.3 Å². The lowest BCUT2D eigenvalue weighted by Crippen LogP contribution is -2.56. The minimum atomic E-state index is -0.299. The largest absolute Gasteiger partial charge is 0.492 e. The Kier molecular flexibility index (Phi) is 4.67. The standard InChI is InChI=1S/C18H21N3O3S/c22-17(16-11-25-13-20-16)21-7-8-24-18(12-21)5-1-3-14(18)10-23-15-4-2-6-19-9-15/h2,4,6,9,11,13-14H,1,3,5,7-8,10,12H2/t14-,18+/m0/s1. The van der Waals surface area contributed by atoms with E-state index in [0.29, 0.717) is 32.0 Å². The van der Waals surface area contributed by atoms with Crippen molar-refractivity contribution in [2.75, 3.05) is 26.3 Å². The molecule has 2 fully saturated rings. The van der Waals surface area contributed by atoms with Crippen LogP contribution in [0.2, 0.25) is 0 Å². The lowest BCUT2D eigenvalue weighted by Gasteiger charge is -2.43. The van der Waals surface area contributed by atoms with Crippen LogP contribution in [0, 0.1) is 5.92 Å². The smallest absolute Gasteiger partial charge is 0.273 e. The number of carbonyl (C=O) groups excluding carboxylic acids is 1. The second kappa shape index (κ2) is 7.09. The monoisotopic (exact) mass is 359 g/mol. The first kappa shape index (κ1) is 16.5. The van der Waals surface area contributed by atoms with Crippen molar-refractivity contribution >= 4 is 17.2 Å². The molecule has 7 heteroatoms. The van der Waals surface area contributed by atoms with E-state index in [9.17, 15) is 4.79 Å². The average molecular weight is 359 g/mol. The summed E-state index contributed by atoms with van der Waals surface area (Å²) in [5.41, 5.74) is 1.93. The molecule has 1 aliphatic heterocycles. The Morgan fingerprint density at radius 2 is 2.48 bits per heavy atom. The molecule has 132 valence electrons. The predicted molar refractivity (Wildman–Crippen MR) is 93.8 cm³/mol. The van der Waals surface area contributed by atoms with Crippen LogP contribution in [0.4, 0.5) is 0 Å². The van der Waals surface area contributed by atoms with Gasteiger partial charge in [0.15, 0.2) is 0 Å². The number of rotatable bonds is 4. The summed E-state index contributed by atoms with van der Waals surface area (Å²) < 4.78 is 12.1.